The second-order valence-electron chi connectivity index (χ2n) is 4.89. The Kier molecular flexibility index (Phi) is 4.23. The summed E-state index contributed by atoms with van der Waals surface area (Å²) in [7, 11) is 1.57. The van der Waals surface area contributed by atoms with E-state index in [1.165, 1.54) is 18.2 Å². The van der Waals surface area contributed by atoms with Crippen LogP contribution in [0.2, 0.25) is 0 Å². The van der Waals surface area contributed by atoms with Gasteiger partial charge in [-0.05, 0) is 30.3 Å². The predicted octanol–water partition coefficient (Wildman–Crippen LogP) is 3.18. The number of methoxy groups -OCH3 is 1. The third-order valence-corrected chi connectivity index (χ3v) is 3.40. The third kappa shape index (κ3) is 3.31. The minimum atomic E-state index is -0.710. The highest BCUT2D eigenvalue weighted by Crippen LogP contribution is 2.29. The molecule has 0 N–H and O–H groups in total. The van der Waals surface area contributed by atoms with Gasteiger partial charge in [0.1, 0.15) is 17.3 Å². The van der Waals surface area contributed by atoms with Gasteiger partial charge in [0, 0.05) is 18.1 Å². The topological polar surface area (TPSA) is 57.1 Å². The molecule has 118 valence electrons. The Balaban J connectivity index is 1.80. The van der Waals surface area contributed by atoms with Gasteiger partial charge in [-0.25, -0.2) is 9.18 Å². The molecule has 2 aromatic carbocycles. The number of ether oxygens (including phenoxy) is 2. The van der Waals surface area contributed by atoms with Gasteiger partial charge < -0.3 is 14.3 Å². The molecule has 2 aromatic rings. The van der Waals surface area contributed by atoms with Crippen molar-refractivity contribution in [1.82, 2.24) is 0 Å². The zero-order valence-electron chi connectivity index (χ0n) is 12.4. The molecule has 0 spiro atoms. The molecule has 0 radical (unpaired) electrons. The molecule has 1 aliphatic rings. The Morgan fingerprint density at radius 1 is 1.26 bits per heavy atom. The van der Waals surface area contributed by atoms with Gasteiger partial charge >= 0.3 is 5.97 Å². The molecule has 5 nitrogen and oxygen atoms in total. The second kappa shape index (κ2) is 6.48. The van der Waals surface area contributed by atoms with Crippen molar-refractivity contribution in [2.24, 2.45) is 5.16 Å². The molecule has 0 bridgehead atoms. The first-order valence-electron chi connectivity index (χ1n) is 7.02. The fourth-order valence-corrected chi connectivity index (χ4v) is 2.24. The average molecular weight is 315 g/mol. The number of rotatable bonds is 3. The number of hydrogen-bond acceptors (Lipinski definition) is 5. The lowest BCUT2D eigenvalue weighted by Crippen LogP contribution is -2.17. The number of carbonyl (C=O) groups excluding carboxylic acids is 1. The smallest absolute Gasteiger partial charge is 0.365 e. The Hall–Kier alpha value is -2.89. The largest absolute Gasteiger partial charge is 0.497 e. The molecule has 6 heteroatoms. The number of nitrogens with zero attached hydrogens (tertiary/aromatic N) is 1. The normalized spacial score (nSPS) is 14.8. The van der Waals surface area contributed by atoms with Crippen molar-refractivity contribution in [3.8, 4) is 11.5 Å². The molecule has 1 aliphatic heterocycles. The summed E-state index contributed by atoms with van der Waals surface area (Å²) in [5.41, 5.74) is 1.44. The van der Waals surface area contributed by atoms with Crippen LogP contribution < -0.4 is 9.47 Å². The second-order valence-corrected chi connectivity index (χ2v) is 4.89. The van der Waals surface area contributed by atoms with Gasteiger partial charge in [-0.1, -0.05) is 11.2 Å². The summed E-state index contributed by atoms with van der Waals surface area (Å²) >= 11 is 0. The minimum Gasteiger partial charge on any atom is -0.497 e. The van der Waals surface area contributed by atoms with Crippen LogP contribution in [0.4, 0.5) is 4.39 Å². The van der Waals surface area contributed by atoms with Gasteiger partial charge in [0.2, 0.25) is 0 Å². The van der Waals surface area contributed by atoms with Crippen LogP contribution in [0.1, 0.15) is 22.3 Å². The molecular weight excluding hydrogens is 301 g/mol. The molecule has 3 rings (SSSR count). The first-order valence-corrected chi connectivity index (χ1v) is 7.02. The highest BCUT2D eigenvalue weighted by Gasteiger charge is 2.19. The van der Waals surface area contributed by atoms with E-state index in [1.807, 2.05) is 0 Å². The van der Waals surface area contributed by atoms with Crippen molar-refractivity contribution in [2.75, 3.05) is 13.7 Å². The SMILES string of the molecule is COc1ccc2c(c1)OCC/C2=N\OC(=O)c1cccc(F)c1. The number of halogens is 1. The van der Waals surface area contributed by atoms with Gasteiger partial charge in [-0.2, -0.15) is 0 Å². The standard InChI is InChI=1S/C17H14FNO4/c1-21-13-5-6-14-15(7-8-22-16(14)10-13)19-23-17(20)11-3-2-4-12(18)9-11/h2-6,9-10H,7-8H2,1H3/b19-15+. The highest BCUT2D eigenvalue weighted by molar-refractivity contribution is 6.04. The lowest BCUT2D eigenvalue weighted by atomic mass is 10.0. The van der Waals surface area contributed by atoms with Gasteiger partial charge in [-0.15, -0.1) is 0 Å². The summed E-state index contributed by atoms with van der Waals surface area (Å²) in [6.07, 6.45) is 0.510. The lowest BCUT2D eigenvalue weighted by Gasteiger charge is -2.19. The third-order valence-electron chi connectivity index (χ3n) is 3.40. The van der Waals surface area contributed by atoms with Crippen molar-refractivity contribution < 1.29 is 23.5 Å². The molecule has 23 heavy (non-hydrogen) atoms. The minimum absolute atomic E-state index is 0.108. The van der Waals surface area contributed by atoms with Gasteiger partial charge in [0.05, 0.1) is 25.0 Å². The molecule has 0 aliphatic carbocycles. The Bertz CT molecular complexity index is 773. The van der Waals surface area contributed by atoms with Crippen LogP contribution in [-0.2, 0) is 4.84 Å². The summed E-state index contributed by atoms with van der Waals surface area (Å²) in [5.74, 6) is 0.0760. The van der Waals surface area contributed by atoms with Crippen molar-refractivity contribution in [2.45, 2.75) is 6.42 Å². The van der Waals surface area contributed by atoms with Crippen LogP contribution in [0, 0.1) is 5.82 Å². The highest BCUT2D eigenvalue weighted by atomic mass is 19.1. The zero-order chi connectivity index (χ0) is 16.2. The number of fused-ring (bicyclic) bond motifs is 1. The number of oxime groups is 1. The maximum atomic E-state index is 13.1. The van der Waals surface area contributed by atoms with Crippen LogP contribution in [-0.4, -0.2) is 25.4 Å². The van der Waals surface area contributed by atoms with Crippen molar-refractivity contribution in [1.29, 1.82) is 0 Å². The molecule has 0 amide bonds. The molecule has 0 saturated heterocycles. The summed E-state index contributed by atoms with van der Waals surface area (Å²) in [5, 5.41) is 3.91. The van der Waals surface area contributed by atoms with Crippen molar-refractivity contribution >= 4 is 11.7 Å². The first kappa shape index (κ1) is 15.0. The molecule has 0 atom stereocenters. The van der Waals surface area contributed by atoms with E-state index in [1.54, 1.807) is 25.3 Å². The predicted molar refractivity (Wildman–Crippen MR) is 81.5 cm³/mol. The van der Waals surface area contributed by atoms with Crippen LogP contribution in [0.15, 0.2) is 47.6 Å². The van der Waals surface area contributed by atoms with E-state index >= 15 is 0 Å². The average Bonchev–Trinajstić information content (AvgIpc) is 2.59. The number of benzene rings is 2. The monoisotopic (exact) mass is 315 g/mol. The van der Waals surface area contributed by atoms with E-state index in [4.69, 9.17) is 14.3 Å². The van der Waals surface area contributed by atoms with E-state index in [2.05, 4.69) is 5.16 Å². The summed E-state index contributed by atoms with van der Waals surface area (Å²) in [6, 6.07) is 10.6. The number of hydrogen-bond donors (Lipinski definition) is 0. The maximum Gasteiger partial charge on any atom is 0.365 e. The van der Waals surface area contributed by atoms with Gasteiger partial charge in [0.15, 0.2) is 0 Å². The summed E-state index contributed by atoms with van der Waals surface area (Å²) in [6.45, 7) is 0.427. The van der Waals surface area contributed by atoms with Crippen molar-refractivity contribution in [3.05, 3.63) is 59.4 Å². The quantitative estimate of drug-likeness (QED) is 0.645. The fraction of sp³-hybridized carbons (Fsp3) is 0.176. The Morgan fingerprint density at radius 3 is 2.91 bits per heavy atom. The van der Waals surface area contributed by atoms with E-state index in [0.717, 1.165) is 11.6 Å². The zero-order valence-corrected chi connectivity index (χ0v) is 12.4. The van der Waals surface area contributed by atoms with E-state index in [9.17, 15) is 9.18 Å². The molecular formula is C17H14FNO4. The lowest BCUT2D eigenvalue weighted by molar-refractivity contribution is 0.0514. The summed E-state index contributed by atoms with van der Waals surface area (Å²) in [4.78, 5) is 16.8. The summed E-state index contributed by atoms with van der Waals surface area (Å²) < 4.78 is 23.8. The molecule has 0 aromatic heterocycles. The first-order chi connectivity index (χ1) is 11.2. The van der Waals surface area contributed by atoms with Gasteiger partial charge in [0.25, 0.3) is 0 Å². The van der Waals surface area contributed by atoms with E-state index in [0.29, 0.717) is 30.2 Å². The van der Waals surface area contributed by atoms with E-state index < -0.39 is 11.8 Å². The molecule has 0 fully saturated rings. The Morgan fingerprint density at radius 2 is 2.13 bits per heavy atom. The maximum absolute atomic E-state index is 13.1. The molecule has 0 saturated carbocycles. The van der Waals surface area contributed by atoms with Crippen molar-refractivity contribution in [3.63, 3.8) is 0 Å². The molecule has 1 heterocycles. The number of carbonyl (C=O) groups is 1. The van der Waals surface area contributed by atoms with Gasteiger partial charge in [-0.3, -0.25) is 0 Å². The molecule has 0 unspecified atom stereocenters. The Labute approximate surface area is 132 Å². The van der Waals surface area contributed by atoms with Crippen LogP contribution in [0.25, 0.3) is 0 Å². The fourth-order valence-electron chi connectivity index (χ4n) is 2.24. The van der Waals surface area contributed by atoms with Crippen LogP contribution in [0.5, 0.6) is 11.5 Å². The van der Waals surface area contributed by atoms with Crippen LogP contribution in [0.3, 0.4) is 0 Å². The van der Waals surface area contributed by atoms with Crippen LogP contribution >= 0.6 is 0 Å². The van der Waals surface area contributed by atoms with E-state index in [-0.39, 0.29) is 5.56 Å².